The highest BCUT2D eigenvalue weighted by molar-refractivity contribution is 7.89. The molecule has 2 aromatic heterocycles. The zero-order valence-corrected chi connectivity index (χ0v) is 13.1. The summed E-state index contributed by atoms with van der Waals surface area (Å²) in [6.07, 6.45) is 2.16. The van der Waals surface area contributed by atoms with Gasteiger partial charge in [0.05, 0.1) is 0 Å². The molecule has 0 bridgehead atoms. The number of hydrogen-bond acceptors (Lipinski definition) is 6. The van der Waals surface area contributed by atoms with Gasteiger partial charge in [-0.1, -0.05) is 0 Å². The van der Waals surface area contributed by atoms with Crippen LogP contribution in [-0.4, -0.2) is 36.8 Å². The summed E-state index contributed by atoms with van der Waals surface area (Å²) in [6, 6.07) is 0. The number of sulfonamides is 1. The Morgan fingerprint density at radius 3 is 2.95 bits per heavy atom. The van der Waals surface area contributed by atoms with Crippen molar-refractivity contribution in [3.63, 3.8) is 0 Å². The zero-order chi connectivity index (χ0) is 15.5. The van der Waals surface area contributed by atoms with E-state index >= 15 is 0 Å². The van der Waals surface area contributed by atoms with Crippen molar-refractivity contribution in [3.05, 3.63) is 11.6 Å². The summed E-state index contributed by atoms with van der Waals surface area (Å²) < 4.78 is 28.8. The summed E-state index contributed by atoms with van der Waals surface area (Å²) in [5, 5.41) is 4.80. The third-order valence-corrected chi connectivity index (χ3v) is 4.95. The number of amides is 1. The van der Waals surface area contributed by atoms with Crippen molar-refractivity contribution in [2.75, 3.05) is 18.4 Å². The van der Waals surface area contributed by atoms with Gasteiger partial charge in [0.1, 0.15) is 0 Å². The summed E-state index contributed by atoms with van der Waals surface area (Å²) in [5.74, 6) is -0.126. The van der Waals surface area contributed by atoms with E-state index < -0.39 is 15.9 Å². The summed E-state index contributed by atoms with van der Waals surface area (Å²) in [4.78, 5) is 15.5. The van der Waals surface area contributed by atoms with E-state index in [-0.39, 0.29) is 18.0 Å². The molecule has 8 nitrogen and oxygen atoms in total. The van der Waals surface area contributed by atoms with Gasteiger partial charge in [-0.15, -0.1) is 11.3 Å². The topological polar surface area (TPSA) is 119 Å². The lowest BCUT2D eigenvalue weighted by Crippen LogP contribution is -2.27. The van der Waals surface area contributed by atoms with Crippen molar-refractivity contribution < 1.29 is 13.2 Å². The predicted octanol–water partition coefficient (Wildman–Crippen LogP) is 0.371. The van der Waals surface area contributed by atoms with Crippen LogP contribution in [0.5, 0.6) is 0 Å². The van der Waals surface area contributed by atoms with E-state index in [9.17, 15) is 13.2 Å². The molecule has 0 aliphatic rings. The largest absolute Gasteiger partial charge is 0.370 e. The smallest absolute Gasteiger partial charge is 0.260 e. The van der Waals surface area contributed by atoms with Gasteiger partial charge < -0.3 is 11.1 Å². The van der Waals surface area contributed by atoms with Crippen molar-refractivity contribution in [2.45, 2.75) is 24.8 Å². The molecule has 10 heteroatoms. The molecule has 0 aromatic carbocycles. The van der Waals surface area contributed by atoms with E-state index in [0.717, 1.165) is 0 Å². The molecular formula is C11H17N5O3S2. The molecular weight excluding hydrogens is 314 g/mol. The van der Waals surface area contributed by atoms with Crippen LogP contribution >= 0.6 is 11.3 Å². The first-order valence-corrected chi connectivity index (χ1v) is 8.79. The molecule has 116 valence electrons. The first-order valence-electron chi connectivity index (χ1n) is 6.43. The fraction of sp³-hybridized carbons (Fsp3) is 0.455. The Bertz CT molecular complexity index is 734. The SMILES string of the molecule is CCNc1nc2sccn2c1S(=O)(=O)NCCCC(N)=O. The van der Waals surface area contributed by atoms with Crippen LogP contribution in [0.25, 0.3) is 4.96 Å². The third-order valence-electron chi connectivity index (χ3n) is 2.71. The number of nitrogens with zero attached hydrogens (tertiary/aromatic N) is 2. The van der Waals surface area contributed by atoms with E-state index in [1.165, 1.54) is 15.7 Å². The average Bonchev–Trinajstić information content (AvgIpc) is 2.94. The van der Waals surface area contributed by atoms with Gasteiger partial charge in [-0.3, -0.25) is 9.20 Å². The Kier molecular flexibility index (Phi) is 4.80. The summed E-state index contributed by atoms with van der Waals surface area (Å²) >= 11 is 1.35. The molecule has 0 aliphatic carbocycles. The van der Waals surface area contributed by atoms with Crippen molar-refractivity contribution in [2.24, 2.45) is 5.73 Å². The Hall–Kier alpha value is -1.65. The molecule has 0 radical (unpaired) electrons. The van der Waals surface area contributed by atoms with Crippen LogP contribution in [0.3, 0.4) is 0 Å². The van der Waals surface area contributed by atoms with Gasteiger partial charge in [0.15, 0.2) is 15.8 Å². The normalized spacial score (nSPS) is 11.9. The molecule has 0 saturated heterocycles. The van der Waals surface area contributed by atoms with Crippen molar-refractivity contribution in [3.8, 4) is 0 Å². The van der Waals surface area contributed by atoms with E-state index in [4.69, 9.17) is 5.73 Å². The number of rotatable bonds is 8. The lowest BCUT2D eigenvalue weighted by Gasteiger charge is -2.08. The van der Waals surface area contributed by atoms with Gasteiger partial charge in [-0.2, -0.15) is 0 Å². The summed E-state index contributed by atoms with van der Waals surface area (Å²) in [7, 11) is -3.72. The van der Waals surface area contributed by atoms with Gasteiger partial charge in [0, 0.05) is 31.1 Å². The minimum atomic E-state index is -3.72. The lowest BCUT2D eigenvalue weighted by atomic mass is 10.3. The summed E-state index contributed by atoms with van der Waals surface area (Å²) in [5.41, 5.74) is 5.02. The molecule has 1 amide bonds. The maximum Gasteiger partial charge on any atom is 0.260 e. The second kappa shape index (κ2) is 6.41. The Balaban J connectivity index is 2.23. The number of fused-ring (bicyclic) bond motifs is 1. The van der Waals surface area contributed by atoms with Crippen molar-refractivity contribution in [1.82, 2.24) is 14.1 Å². The van der Waals surface area contributed by atoms with Gasteiger partial charge in [0.2, 0.25) is 5.91 Å². The molecule has 0 spiro atoms. The minimum Gasteiger partial charge on any atom is -0.370 e. The van der Waals surface area contributed by atoms with Crippen LogP contribution < -0.4 is 15.8 Å². The van der Waals surface area contributed by atoms with E-state index in [1.54, 1.807) is 11.6 Å². The first-order chi connectivity index (χ1) is 9.95. The predicted molar refractivity (Wildman–Crippen MR) is 80.8 cm³/mol. The van der Waals surface area contributed by atoms with E-state index in [1.807, 2.05) is 6.92 Å². The quantitative estimate of drug-likeness (QED) is 0.604. The highest BCUT2D eigenvalue weighted by atomic mass is 32.2. The molecule has 0 aliphatic heterocycles. The lowest BCUT2D eigenvalue weighted by molar-refractivity contribution is -0.118. The molecule has 0 fully saturated rings. The standard InChI is InChI=1S/C11H17N5O3S2/c1-2-13-9-10(16-6-7-20-11(16)15-9)21(18,19)14-5-3-4-8(12)17/h6-7,13-14H,2-5H2,1H3,(H2,12,17). The number of thiazole rings is 1. The Labute approximate surface area is 126 Å². The maximum absolute atomic E-state index is 12.4. The highest BCUT2D eigenvalue weighted by Crippen LogP contribution is 2.25. The number of carbonyl (C=O) groups excluding carboxylic acids is 1. The van der Waals surface area contributed by atoms with E-state index in [2.05, 4.69) is 15.0 Å². The van der Waals surface area contributed by atoms with Crippen molar-refractivity contribution in [1.29, 1.82) is 0 Å². The number of aromatic nitrogens is 2. The first kappa shape index (κ1) is 15.7. The number of imidazole rings is 1. The number of nitrogens with two attached hydrogens (primary N) is 1. The molecule has 21 heavy (non-hydrogen) atoms. The van der Waals surface area contributed by atoms with Gasteiger partial charge in [-0.25, -0.2) is 18.1 Å². The monoisotopic (exact) mass is 331 g/mol. The van der Waals surface area contributed by atoms with Gasteiger partial charge >= 0.3 is 0 Å². The zero-order valence-electron chi connectivity index (χ0n) is 11.5. The number of carbonyl (C=O) groups is 1. The molecule has 0 saturated carbocycles. The second-order valence-corrected chi connectivity index (χ2v) is 6.87. The third kappa shape index (κ3) is 3.52. The molecule has 0 atom stereocenters. The van der Waals surface area contributed by atoms with Crippen molar-refractivity contribution >= 4 is 38.0 Å². The average molecular weight is 331 g/mol. The van der Waals surface area contributed by atoms with Gasteiger partial charge in [0.25, 0.3) is 10.0 Å². The van der Waals surface area contributed by atoms with E-state index in [0.29, 0.717) is 23.7 Å². The van der Waals surface area contributed by atoms with Crippen LogP contribution in [0.4, 0.5) is 5.82 Å². The number of anilines is 1. The molecule has 2 aromatic rings. The number of hydrogen-bond donors (Lipinski definition) is 3. The van der Waals surface area contributed by atoms with Crippen LogP contribution in [-0.2, 0) is 14.8 Å². The van der Waals surface area contributed by atoms with Crippen LogP contribution in [0.1, 0.15) is 19.8 Å². The maximum atomic E-state index is 12.4. The second-order valence-electron chi connectivity index (χ2n) is 4.32. The fourth-order valence-electron chi connectivity index (χ4n) is 1.84. The van der Waals surface area contributed by atoms with Crippen LogP contribution in [0.2, 0.25) is 0 Å². The van der Waals surface area contributed by atoms with Crippen LogP contribution in [0.15, 0.2) is 16.6 Å². The Morgan fingerprint density at radius 2 is 2.29 bits per heavy atom. The number of primary amides is 1. The van der Waals surface area contributed by atoms with Gasteiger partial charge in [-0.05, 0) is 13.3 Å². The molecule has 2 rings (SSSR count). The summed E-state index contributed by atoms with van der Waals surface area (Å²) in [6.45, 7) is 2.58. The molecule has 2 heterocycles. The highest BCUT2D eigenvalue weighted by Gasteiger charge is 2.25. The molecule has 4 N–H and O–H groups in total. The number of nitrogens with one attached hydrogen (secondary N) is 2. The molecule has 0 unspecified atom stereocenters. The Morgan fingerprint density at radius 1 is 1.52 bits per heavy atom. The van der Waals surface area contributed by atoms with Crippen LogP contribution in [0, 0.1) is 0 Å². The fourth-order valence-corrected chi connectivity index (χ4v) is 3.94. The minimum absolute atomic E-state index is 0.0830.